The molecule has 0 bridgehead atoms. The summed E-state index contributed by atoms with van der Waals surface area (Å²) in [6, 6.07) is 19.9. The minimum Gasteiger partial charge on any atom is -0.352 e. The summed E-state index contributed by atoms with van der Waals surface area (Å²) >= 11 is 6.44. The molecule has 0 saturated heterocycles. The molecule has 3 aromatic carbocycles. The van der Waals surface area contributed by atoms with Crippen LogP contribution in [0, 0.1) is 13.8 Å². The van der Waals surface area contributed by atoms with Crippen molar-refractivity contribution in [2.75, 3.05) is 10.8 Å². The molecule has 3 aromatic rings. The van der Waals surface area contributed by atoms with Gasteiger partial charge in [0, 0.05) is 17.6 Å². The van der Waals surface area contributed by atoms with Crippen LogP contribution in [0.1, 0.15) is 49.3 Å². The van der Waals surface area contributed by atoms with Crippen LogP contribution in [-0.4, -0.2) is 43.8 Å². The molecular weight excluding hydrogens is 546 g/mol. The zero-order valence-electron chi connectivity index (χ0n) is 23.1. The molecule has 0 aliphatic heterocycles. The average molecular weight is 582 g/mol. The van der Waals surface area contributed by atoms with Crippen molar-refractivity contribution < 1.29 is 18.0 Å². The Labute approximate surface area is 242 Å². The van der Waals surface area contributed by atoms with Gasteiger partial charge in [0.15, 0.2) is 0 Å². The van der Waals surface area contributed by atoms with E-state index in [0.717, 1.165) is 41.1 Å². The molecule has 1 saturated carbocycles. The Morgan fingerprint density at radius 1 is 0.950 bits per heavy atom. The van der Waals surface area contributed by atoms with Crippen molar-refractivity contribution in [1.29, 1.82) is 0 Å². The molecule has 40 heavy (non-hydrogen) atoms. The van der Waals surface area contributed by atoms with Crippen LogP contribution in [-0.2, 0) is 26.2 Å². The van der Waals surface area contributed by atoms with Crippen molar-refractivity contribution in [3.8, 4) is 0 Å². The molecule has 1 unspecified atom stereocenters. The molecule has 1 aliphatic carbocycles. The van der Waals surface area contributed by atoms with Gasteiger partial charge >= 0.3 is 0 Å². The number of amides is 2. The maximum absolute atomic E-state index is 14.1. The molecule has 1 atom stereocenters. The number of hydrogen-bond acceptors (Lipinski definition) is 4. The van der Waals surface area contributed by atoms with Gasteiger partial charge in [-0.3, -0.25) is 13.9 Å². The Morgan fingerprint density at radius 3 is 2.17 bits per heavy atom. The zero-order chi connectivity index (χ0) is 28.9. The van der Waals surface area contributed by atoms with Gasteiger partial charge in [-0.25, -0.2) is 8.42 Å². The Balaban J connectivity index is 1.71. The van der Waals surface area contributed by atoms with Gasteiger partial charge in [-0.15, -0.1) is 0 Å². The van der Waals surface area contributed by atoms with Gasteiger partial charge in [0.25, 0.3) is 10.0 Å². The molecule has 1 fully saturated rings. The van der Waals surface area contributed by atoms with Crippen LogP contribution in [0.25, 0.3) is 0 Å². The van der Waals surface area contributed by atoms with Crippen LogP contribution in [0.4, 0.5) is 5.69 Å². The van der Waals surface area contributed by atoms with E-state index in [2.05, 4.69) is 5.32 Å². The lowest BCUT2D eigenvalue weighted by atomic mass is 10.1. The Morgan fingerprint density at radius 2 is 1.55 bits per heavy atom. The summed E-state index contributed by atoms with van der Waals surface area (Å²) in [6.07, 6.45) is 3.94. The molecule has 7 nitrogen and oxygen atoms in total. The highest BCUT2D eigenvalue weighted by atomic mass is 35.5. The topological polar surface area (TPSA) is 86.8 Å². The third-order valence-electron chi connectivity index (χ3n) is 7.27. The first-order valence-electron chi connectivity index (χ1n) is 13.6. The number of rotatable bonds is 10. The predicted octanol–water partition coefficient (Wildman–Crippen LogP) is 5.63. The van der Waals surface area contributed by atoms with Crippen LogP contribution in [0.2, 0.25) is 5.02 Å². The summed E-state index contributed by atoms with van der Waals surface area (Å²) in [5.74, 6) is -0.774. The zero-order valence-corrected chi connectivity index (χ0v) is 24.7. The standard InChI is InChI=1S/C31H36ClN3O4S/c1-22-17-23(2)19-27(18-22)35(40(38,39)28-14-5-4-6-15-28)21-30(36)34(20-25-11-7-10-16-29(25)32)24(3)31(37)33-26-12-8-9-13-26/h4-7,10-11,14-19,24,26H,8-9,12-13,20-21H2,1-3H3,(H,33,37). The summed E-state index contributed by atoms with van der Waals surface area (Å²) in [7, 11) is -4.10. The summed E-state index contributed by atoms with van der Waals surface area (Å²) < 4.78 is 29.0. The predicted molar refractivity (Wildman–Crippen MR) is 159 cm³/mol. The van der Waals surface area contributed by atoms with Crippen molar-refractivity contribution in [1.82, 2.24) is 10.2 Å². The molecule has 4 rings (SSSR count). The Kier molecular flexibility index (Phi) is 9.53. The summed E-state index contributed by atoms with van der Waals surface area (Å²) in [5.41, 5.74) is 2.79. The van der Waals surface area contributed by atoms with E-state index in [1.807, 2.05) is 26.0 Å². The molecule has 0 aromatic heterocycles. The van der Waals surface area contributed by atoms with Crippen molar-refractivity contribution in [3.05, 3.63) is 94.5 Å². The number of carbonyl (C=O) groups excluding carboxylic acids is 2. The maximum Gasteiger partial charge on any atom is 0.264 e. The Bertz CT molecular complexity index is 1440. The van der Waals surface area contributed by atoms with Gasteiger partial charge in [0.05, 0.1) is 10.6 Å². The van der Waals surface area contributed by atoms with E-state index >= 15 is 0 Å². The van der Waals surface area contributed by atoms with Crippen LogP contribution in [0.3, 0.4) is 0 Å². The number of hydrogen-bond donors (Lipinski definition) is 1. The second-order valence-corrected chi connectivity index (χ2v) is 12.7. The highest BCUT2D eigenvalue weighted by Crippen LogP contribution is 2.27. The molecule has 0 radical (unpaired) electrons. The lowest BCUT2D eigenvalue weighted by Gasteiger charge is -2.33. The number of anilines is 1. The molecule has 1 aliphatic rings. The number of carbonyl (C=O) groups is 2. The second-order valence-electron chi connectivity index (χ2n) is 10.4. The lowest BCUT2D eigenvalue weighted by molar-refractivity contribution is -0.139. The van der Waals surface area contributed by atoms with Gasteiger partial charge < -0.3 is 10.2 Å². The van der Waals surface area contributed by atoms with Gasteiger partial charge in [0.1, 0.15) is 12.6 Å². The van der Waals surface area contributed by atoms with Gasteiger partial charge in [-0.05, 0) is 80.6 Å². The van der Waals surface area contributed by atoms with Crippen LogP contribution in [0.5, 0.6) is 0 Å². The fourth-order valence-corrected chi connectivity index (χ4v) is 6.74. The molecule has 0 spiro atoms. The number of benzene rings is 3. The van der Waals surface area contributed by atoms with E-state index in [9.17, 15) is 18.0 Å². The fraction of sp³-hybridized carbons (Fsp3) is 0.355. The molecule has 9 heteroatoms. The fourth-order valence-electron chi connectivity index (χ4n) is 5.13. The van der Waals surface area contributed by atoms with Crippen molar-refractivity contribution in [2.24, 2.45) is 0 Å². The van der Waals surface area contributed by atoms with Crippen LogP contribution in [0.15, 0.2) is 77.7 Å². The van der Waals surface area contributed by atoms with Crippen LogP contribution >= 0.6 is 11.6 Å². The highest BCUT2D eigenvalue weighted by molar-refractivity contribution is 7.92. The number of nitrogens with zero attached hydrogens (tertiary/aromatic N) is 2. The second kappa shape index (κ2) is 12.9. The first kappa shape index (κ1) is 29.6. The first-order valence-corrected chi connectivity index (χ1v) is 15.4. The van der Waals surface area contributed by atoms with E-state index < -0.39 is 28.5 Å². The minimum atomic E-state index is -4.10. The quantitative estimate of drug-likeness (QED) is 0.336. The lowest BCUT2D eigenvalue weighted by Crippen LogP contribution is -2.52. The SMILES string of the molecule is Cc1cc(C)cc(N(CC(=O)N(Cc2ccccc2Cl)C(C)C(=O)NC2CCCC2)S(=O)(=O)c2ccccc2)c1. The highest BCUT2D eigenvalue weighted by Gasteiger charge is 2.33. The number of aryl methyl sites for hydroxylation is 2. The molecule has 1 N–H and O–H groups in total. The van der Waals surface area contributed by atoms with Gasteiger partial charge in [-0.2, -0.15) is 0 Å². The smallest absolute Gasteiger partial charge is 0.264 e. The van der Waals surface area contributed by atoms with Gasteiger partial charge in [-0.1, -0.05) is 66.9 Å². The molecule has 212 valence electrons. The number of halogens is 1. The third kappa shape index (κ3) is 7.04. The van der Waals surface area contributed by atoms with E-state index in [-0.39, 0.29) is 23.4 Å². The summed E-state index contributed by atoms with van der Waals surface area (Å²) in [4.78, 5) is 28.9. The average Bonchev–Trinajstić information content (AvgIpc) is 3.43. The van der Waals surface area contributed by atoms with E-state index in [4.69, 9.17) is 11.6 Å². The third-order valence-corrected chi connectivity index (χ3v) is 9.43. The molecule has 0 heterocycles. The van der Waals surface area contributed by atoms with E-state index in [1.54, 1.807) is 55.5 Å². The number of sulfonamides is 1. The maximum atomic E-state index is 14.1. The normalized spacial score (nSPS) is 14.5. The first-order chi connectivity index (χ1) is 19.1. The van der Waals surface area contributed by atoms with Crippen molar-refractivity contribution in [3.63, 3.8) is 0 Å². The molecular formula is C31H36ClN3O4S. The Hall–Kier alpha value is -3.36. The largest absolute Gasteiger partial charge is 0.352 e. The van der Waals surface area contributed by atoms with E-state index in [1.165, 1.54) is 17.0 Å². The summed E-state index contributed by atoms with van der Waals surface area (Å²) in [6.45, 7) is 5.01. The van der Waals surface area contributed by atoms with Crippen molar-refractivity contribution >= 4 is 39.1 Å². The van der Waals surface area contributed by atoms with Crippen molar-refractivity contribution in [2.45, 2.75) is 70.0 Å². The van der Waals surface area contributed by atoms with E-state index in [0.29, 0.717) is 16.3 Å². The van der Waals surface area contributed by atoms with Crippen LogP contribution < -0.4 is 9.62 Å². The monoisotopic (exact) mass is 581 g/mol. The molecule has 2 amide bonds. The summed E-state index contributed by atoms with van der Waals surface area (Å²) in [5, 5.41) is 3.54. The minimum absolute atomic E-state index is 0.0594. The number of nitrogens with one attached hydrogen (secondary N) is 1. The van der Waals surface area contributed by atoms with Gasteiger partial charge in [0.2, 0.25) is 11.8 Å².